The summed E-state index contributed by atoms with van der Waals surface area (Å²) < 4.78 is 9.52. The fourth-order valence-electron chi connectivity index (χ4n) is 0.972. The average molecular weight is 562 g/mol. The Kier molecular flexibility index (Phi) is 3.78. The van der Waals surface area contributed by atoms with E-state index in [1.165, 1.54) is 0 Å². The van der Waals surface area contributed by atoms with Crippen molar-refractivity contribution in [1.29, 1.82) is 0 Å². The van der Waals surface area contributed by atoms with E-state index in [4.69, 9.17) is 0 Å². The minimum atomic E-state index is 0.790. The Balaban J connectivity index is 1.82. The van der Waals surface area contributed by atoms with E-state index < -0.39 is 0 Å². The van der Waals surface area contributed by atoms with Gasteiger partial charge in [0.25, 0.3) is 0 Å². The van der Waals surface area contributed by atoms with E-state index in [1.54, 1.807) is 4.22 Å². The van der Waals surface area contributed by atoms with Crippen LogP contribution in [-0.4, -0.2) is 89.7 Å². The summed E-state index contributed by atoms with van der Waals surface area (Å²) in [6.07, 6.45) is 0. The van der Waals surface area contributed by atoms with E-state index in [2.05, 4.69) is 9.95 Å². The first-order chi connectivity index (χ1) is 6.43. The Labute approximate surface area is 116 Å². The summed E-state index contributed by atoms with van der Waals surface area (Å²) in [5, 5.41) is 0. The van der Waals surface area contributed by atoms with Gasteiger partial charge in [-0.3, -0.25) is 0 Å². The van der Waals surface area contributed by atoms with Crippen LogP contribution < -0.4 is 0 Å². The Morgan fingerprint density at radius 1 is 1.00 bits per heavy atom. The van der Waals surface area contributed by atoms with Gasteiger partial charge in [-0.15, -0.1) is 0 Å². The predicted octanol–water partition coefficient (Wildman–Crippen LogP) is -0.647. The van der Waals surface area contributed by atoms with E-state index >= 15 is 0 Å². The summed E-state index contributed by atoms with van der Waals surface area (Å²) in [4.78, 5) is 4.89. The Morgan fingerprint density at radius 3 is 2.62 bits per heavy atom. The molecule has 6 heteroatoms. The van der Waals surface area contributed by atoms with Gasteiger partial charge in [-0.25, -0.2) is 0 Å². The molecular weight excluding hydrogens is 558 g/mol. The van der Waals surface area contributed by atoms with Gasteiger partial charge in [-0.1, -0.05) is 0 Å². The van der Waals surface area contributed by atoms with E-state index in [0.717, 1.165) is 89.7 Å². The van der Waals surface area contributed by atoms with Crippen molar-refractivity contribution in [3.8, 4) is 0 Å². The average Bonchev–Trinajstić information content (AvgIpc) is 2.78. The van der Waals surface area contributed by atoms with Gasteiger partial charge in [0.05, 0.1) is 0 Å². The molecule has 0 fully saturated rings. The number of hydrogen-bond acceptors (Lipinski definition) is 0. The number of rotatable bonds is 0. The van der Waals surface area contributed by atoms with Gasteiger partial charge in [0.15, 0.2) is 0 Å². The van der Waals surface area contributed by atoms with E-state index in [1.807, 2.05) is 13.5 Å². The molecule has 0 nitrogen and oxygen atoms in total. The molecule has 0 saturated carbocycles. The molecule has 0 unspecified atom stereocenters. The summed E-state index contributed by atoms with van der Waals surface area (Å²) in [6, 6.07) is 0. The van der Waals surface area contributed by atoms with Crippen LogP contribution in [0.2, 0.25) is 4.22 Å². The Morgan fingerprint density at radius 2 is 1.85 bits per heavy atom. The molecule has 0 aliphatic carbocycles. The molecule has 0 amide bonds. The second kappa shape index (κ2) is 4.68. The third-order valence-corrected chi connectivity index (χ3v) is 27.1. The van der Waals surface area contributed by atoms with Crippen molar-refractivity contribution in [3.63, 3.8) is 0 Å². The van der Waals surface area contributed by atoms with Crippen molar-refractivity contribution in [2.45, 2.75) is 4.22 Å². The van der Waals surface area contributed by atoms with Crippen LogP contribution in [0, 0.1) is 0 Å². The SMILES string of the molecule is C1=C[Se]C(=C2[Se]C3=C([Se]2)[Se+]C[Se]3)[Se]1. The van der Waals surface area contributed by atoms with Crippen LogP contribution in [0.4, 0.5) is 0 Å². The molecule has 1 radical (unpaired) electrons. The summed E-state index contributed by atoms with van der Waals surface area (Å²) in [5.74, 6) is 0. The number of hydrogen-bond donors (Lipinski definition) is 0. The molecule has 0 aromatic carbocycles. The van der Waals surface area contributed by atoms with Crippen molar-refractivity contribution in [3.05, 3.63) is 23.4 Å². The Bertz CT molecular complexity index is 311. The van der Waals surface area contributed by atoms with Gasteiger partial charge in [-0.2, -0.15) is 0 Å². The first kappa shape index (κ1) is 10.5. The molecule has 0 saturated heterocycles. The van der Waals surface area contributed by atoms with E-state index in [0.29, 0.717) is 0 Å². The van der Waals surface area contributed by atoms with Gasteiger partial charge in [0, 0.05) is 0 Å². The van der Waals surface area contributed by atoms with Gasteiger partial charge < -0.3 is 0 Å². The van der Waals surface area contributed by atoms with Crippen molar-refractivity contribution >= 4 is 89.7 Å². The summed E-state index contributed by atoms with van der Waals surface area (Å²) in [7, 11) is 0. The van der Waals surface area contributed by atoms with Crippen LogP contribution in [0.1, 0.15) is 0 Å². The van der Waals surface area contributed by atoms with Gasteiger partial charge in [0.1, 0.15) is 0 Å². The van der Waals surface area contributed by atoms with Gasteiger partial charge in [0.2, 0.25) is 0 Å². The third-order valence-electron chi connectivity index (χ3n) is 1.49. The van der Waals surface area contributed by atoms with Crippen LogP contribution >= 0.6 is 0 Å². The van der Waals surface area contributed by atoms with Crippen LogP contribution in [0.25, 0.3) is 0 Å². The molecule has 67 valence electrons. The zero-order valence-corrected chi connectivity index (χ0v) is 16.6. The molecule has 0 aromatic rings. The molecule has 0 aromatic heterocycles. The van der Waals surface area contributed by atoms with Crippen molar-refractivity contribution in [1.82, 2.24) is 0 Å². The fraction of sp³-hybridized carbons (Fsp3) is 0.143. The van der Waals surface area contributed by atoms with E-state index in [9.17, 15) is 0 Å². The van der Waals surface area contributed by atoms with Gasteiger partial charge in [-0.05, 0) is 0 Å². The maximum absolute atomic E-state index is 2.45. The molecule has 3 heterocycles. The molecule has 3 rings (SSSR count). The molecule has 0 N–H and O–H groups in total. The fourth-order valence-corrected chi connectivity index (χ4v) is 33.0. The van der Waals surface area contributed by atoms with Crippen molar-refractivity contribution in [2.24, 2.45) is 0 Å². The monoisotopic (exact) mass is 568 g/mol. The molecule has 3 aliphatic heterocycles. The third kappa shape index (κ3) is 2.22. The standard InChI is InChI=1S/C7H4Se6/c1-2-9-4(8-1)7-12-5-6(13-7)11-3-10-5/h1-2H,3H2/q+1. The summed E-state index contributed by atoms with van der Waals surface area (Å²) in [5.41, 5.74) is 0. The van der Waals surface area contributed by atoms with Crippen molar-refractivity contribution < 1.29 is 0 Å². The zero-order chi connectivity index (χ0) is 8.67. The second-order valence-electron chi connectivity index (χ2n) is 2.27. The first-order valence-electron chi connectivity index (χ1n) is 3.52. The Hall–Kier alpha value is 2.34. The van der Waals surface area contributed by atoms with Crippen LogP contribution in [0.3, 0.4) is 0 Å². The van der Waals surface area contributed by atoms with Crippen LogP contribution in [0.15, 0.2) is 23.4 Å². The van der Waals surface area contributed by atoms with Crippen molar-refractivity contribution in [2.75, 3.05) is 0 Å². The van der Waals surface area contributed by atoms with Crippen LogP contribution in [0.5, 0.6) is 0 Å². The maximum atomic E-state index is 2.45. The molecule has 0 atom stereocenters. The van der Waals surface area contributed by atoms with Gasteiger partial charge >= 0.3 is 117 Å². The van der Waals surface area contributed by atoms with Crippen LogP contribution in [-0.2, 0) is 0 Å². The molecule has 3 aliphatic rings. The zero-order valence-electron chi connectivity index (χ0n) is 6.31. The molecule has 0 spiro atoms. The second-order valence-corrected chi connectivity index (χ2v) is 21.6. The summed E-state index contributed by atoms with van der Waals surface area (Å²) in [6.45, 7) is 0. The normalized spacial score (nSPS) is 26.5. The first-order valence-corrected chi connectivity index (χ1v) is 14.8. The molecule has 0 bridgehead atoms. The quantitative estimate of drug-likeness (QED) is 0.345. The summed E-state index contributed by atoms with van der Waals surface area (Å²) >= 11 is 5.25. The molecule has 13 heavy (non-hydrogen) atoms. The predicted molar refractivity (Wildman–Crippen MR) is 62.5 cm³/mol. The topological polar surface area (TPSA) is 0 Å². The molecular formula is C7H4Se6+. The van der Waals surface area contributed by atoms with E-state index in [-0.39, 0.29) is 0 Å². The minimum absolute atomic E-state index is 0.790.